The first-order chi connectivity index (χ1) is 7.88. The number of esters is 1. The van der Waals surface area contributed by atoms with Crippen LogP contribution < -0.4 is 0 Å². The van der Waals surface area contributed by atoms with Gasteiger partial charge in [0.25, 0.3) is 0 Å². The average molecular weight is 239 g/mol. The maximum Gasteiger partial charge on any atom is 0.319 e. The molecule has 0 radical (unpaired) electrons. The molecule has 0 aromatic carbocycles. The molecule has 1 fully saturated rings. The second kappa shape index (κ2) is 4.75. The van der Waals surface area contributed by atoms with Gasteiger partial charge in [-0.2, -0.15) is 0 Å². The monoisotopic (exact) mass is 239 g/mol. The molecule has 0 aromatic heterocycles. The van der Waals surface area contributed by atoms with Crippen molar-refractivity contribution in [3.05, 3.63) is 10.4 Å². The number of hydrogen-bond donors (Lipinski definition) is 0. The lowest BCUT2D eigenvalue weighted by molar-refractivity contribution is -0.162. The standard InChI is InChI=1S/C11H17N3O3/c1-4-17-9(16)11(3)7-10(2,13-14-12)6-5-8(11)15/h4-7H2,1-3H3/t10-,11-/m1/s1. The van der Waals surface area contributed by atoms with E-state index in [1.165, 1.54) is 0 Å². The second-order valence-corrected chi connectivity index (χ2v) is 4.84. The van der Waals surface area contributed by atoms with Crippen molar-refractivity contribution in [3.8, 4) is 0 Å². The molecule has 0 aliphatic heterocycles. The molecule has 0 heterocycles. The quantitative estimate of drug-likeness (QED) is 0.249. The molecule has 0 unspecified atom stereocenters. The van der Waals surface area contributed by atoms with Crippen molar-refractivity contribution in [3.63, 3.8) is 0 Å². The van der Waals surface area contributed by atoms with E-state index in [1.807, 2.05) is 0 Å². The normalized spacial score (nSPS) is 32.8. The van der Waals surface area contributed by atoms with E-state index in [0.717, 1.165) is 0 Å². The van der Waals surface area contributed by atoms with E-state index in [4.69, 9.17) is 10.3 Å². The van der Waals surface area contributed by atoms with Gasteiger partial charge in [-0.25, -0.2) is 0 Å². The number of nitrogens with zero attached hydrogens (tertiary/aromatic N) is 3. The van der Waals surface area contributed by atoms with E-state index in [0.29, 0.717) is 6.42 Å². The Morgan fingerprint density at radius 1 is 1.59 bits per heavy atom. The molecule has 0 spiro atoms. The molecule has 1 saturated carbocycles. The Hall–Kier alpha value is -1.55. The number of ketones is 1. The SMILES string of the molecule is CCOC(=O)[C@]1(C)C[C@](C)(N=[N+]=[N-])CCC1=O. The van der Waals surface area contributed by atoms with E-state index in [1.54, 1.807) is 20.8 Å². The van der Waals surface area contributed by atoms with E-state index >= 15 is 0 Å². The van der Waals surface area contributed by atoms with Crippen LogP contribution >= 0.6 is 0 Å². The van der Waals surface area contributed by atoms with Gasteiger partial charge in [-0.3, -0.25) is 9.59 Å². The van der Waals surface area contributed by atoms with Crippen LogP contribution in [-0.4, -0.2) is 23.9 Å². The molecule has 1 aliphatic rings. The Balaban J connectivity index is 3.00. The van der Waals surface area contributed by atoms with Crippen LogP contribution in [-0.2, 0) is 14.3 Å². The summed E-state index contributed by atoms with van der Waals surface area (Å²) in [6.45, 7) is 5.26. The molecule has 0 bridgehead atoms. The van der Waals surface area contributed by atoms with Gasteiger partial charge in [-0.15, -0.1) is 0 Å². The number of Topliss-reactive ketones (excluding diaryl/α,β-unsaturated/α-hetero) is 1. The molecule has 0 aromatic rings. The summed E-state index contributed by atoms with van der Waals surface area (Å²) in [5, 5.41) is 3.71. The summed E-state index contributed by atoms with van der Waals surface area (Å²) in [6, 6.07) is 0. The molecule has 6 heteroatoms. The van der Waals surface area contributed by atoms with Crippen LogP contribution in [0, 0.1) is 5.41 Å². The fraction of sp³-hybridized carbons (Fsp3) is 0.818. The second-order valence-electron chi connectivity index (χ2n) is 4.84. The van der Waals surface area contributed by atoms with Crippen LogP contribution in [0.2, 0.25) is 0 Å². The van der Waals surface area contributed by atoms with Crippen molar-refractivity contribution >= 4 is 11.8 Å². The zero-order chi connectivity index (χ0) is 13.1. The largest absolute Gasteiger partial charge is 0.465 e. The van der Waals surface area contributed by atoms with E-state index in [2.05, 4.69) is 10.0 Å². The molecule has 17 heavy (non-hydrogen) atoms. The summed E-state index contributed by atoms with van der Waals surface area (Å²) in [5.41, 5.74) is 6.65. The van der Waals surface area contributed by atoms with Gasteiger partial charge in [0.05, 0.1) is 6.61 Å². The minimum absolute atomic E-state index is 0.137. The van der Waals surface area contributed by atoms with Gasteiger partial charge in [0, 0.05) is 16.9 Å². The Kier molecular flexibility index (Phi) is 3.78. The van der Waals surface area contributed by atoms with E-state index < -0.39 is 16.9 Å². The molecule has 2 atom stereocenters. The third kappa shape index (κ3) is 2.58. The molecule has 1 rings (SSSR count). The summed E-state index contributed by atoms with van der Waals surface area (Å²) in [7, 11) is 0. The maximum atomic E-state index is 11.9. The third-order valence-corrected chi connectivity index (χ3v) is 3.25. The van der Waals surface area contributed by atoms with Crippen LogP contribution in [0.4, 0.5) is 0 Å². The topological polar surface area (TPSA) is 92.1 Å². The summed E-state index contributed by atoms with van der Waals surface area (Å²) in [4.78, 5) is 26.5. The summed E-state index contributed by atoms with van der Waals surface area (Å²) < 4.78 is 4.93. The van der Waals surface area contributed by atoms with Crippen molar-refractivity contribution in [1.82, 2.24) is 0 Å². The predicted octanol–water partition coefficient (Wildman–Crippen LogP) is 2.38. The first-order valence-corrected chi connectivity index (χ1v) is 5.65. The Labute approximate surface area is 100.0 Å². The highest BCUT2D eigenvalue weighted by Crippen LogP contribution is 2.41. The highest BCUT2D eigenvalue weighted by atomic mass is 16.5. The summed E-state index contributed by atoms with van der Waals surface area (Å²) in [6.07, 6.45) is 0.928. The molecule has 0 saturated heterocycles. The van der Waals surface area contributed by atoms with Gasteiger partial charge in [0.1, 0.15) is 11.2 Å². The third-order valence-electron chi connectivity index (χ3n) is 3.25. The fourth-order valence-electron chi connectivity index (χ4n) is 2.28. The smallest absolute Gasteiger partial charge is 0.319 e. The van der Waals surface area contributed by atoms with E-state index in [-0.39, 0.29) is 25.2 Å². The Morgan fingerprint density at radius 3 is 2.76 bits per heavy atom. The molecule has 6 nitrogen and oxygen atoms in total. The van der Waals surface area contributed by atoms with Crippen molar-refractivity contribution in [2.24, 2.45) is 10.5 Å². The number of carbonyl (C=O) groups is 2. The minimum Gasteiger partial charge on any atom is -0.465 e. The van der Waals surface area contributed by atoms with Crippen LogP contribution in [0.3, 0.4) is 0 Å². The first-order valence-electron chi connectivity index (χ1n) is 5.65. The highest BCUT2D eigenvalue weighted by molar-refractivity contribution is 6.04. The lowest BCUT2D eigenvalue weighted by Gasteiger charge is -2.38. The molecule has 0 amide bonds. The number of hydrogen-bond acceptors (Lipinski definition) is 4. The van der Waals surface area contributed by atoms with Gasteiger partial charge >= 0.3 is 5.97 Å². The van der Waals surface area contributed by atoms with Crippen LogP contribution in [0.5, 0.6) is 0 Å². The predicted molar refractivity (Wildman–Crippen MR) is 61.1 cm³/mol. The van der Waals surface area contributed by atoms with Crippen LogP contribution in [0.15, 0.2) is 5.11 Å². The summed E-state index contributed by atoms with van der Waals surface area (Å²) in [5.74, 6) is -0.661. The molecule has 1 aliphatic carbocycles. The van der Waals surface area contributed by atoms with E-state index in [9.17, 15) is 9.59 Å². The Bertz CT molecular complexity index is 389. The van der Waals surface area contributed by atoms with Crippen molar-refractivity contribution in [2.45, 2.75) is 45.6 Å². The van der Waals surface area contributed by atoms with Gasteiger partial charge in [-0.1, -0.05) is 12.0 Å². The molecule has 0 N–H and O–H groups in total. The lowest BCUT2D eigenvalue weighted by Crippen LogP contribution is -2.48. The first kappa shape index (κ1) is 13.5. The lowest BCUT2D eigenvalue weighted by atomic mass is 9.67. The molecule has 94 valence electrons. The number of azide groups is 1. The highest BCUT2D eigenvalue weighted by Gasteiger charge is 2.50. The van der Waals surface area contributed by atoms with Gasteiger partial charge in [0.15, 0.2) is 0 Å². The van der Waals surface area contributed by atoms with Crippen molar-refractivity contribution < 1.29 is 14.3 Å². The molecular weight excluding hydrogens is 222 g/mol. The number of ether oxygens (including phenoxy) is 1. The fourth-order valence-corrected chi connectivity index (χ4v) is 2.28. The van der Waals surface area contributed by atoms with Crippen LogP contribution in [0.1, 0.15) is 40.0 Å². The van der Waals surface area contributed by atoms with Gasteiger partial charge < -0.3 is 4.74 Å². The van der Waals surface area contributed by atoms with Gasteiger partial charge in [-0.05, 0) is 32.2 Å². The van der Waals surface area contributed by atoms with Crippen molar-refractivity contribution in [2.75, 3.05) is 6.61 Å². The zero-order valence-electron chi connectivity index (χ0n) is 10.4. The van der Waals surface area contributed by atoms with Crippen LogP contribution in [0.25, 0.3) is 10.4 Å². The average Bonchev–Trinajstić information content (AvgIpc) is 2.25. The molecular formula is C11H17N3O3. The minimum atomic E-state index is -1.18. The van der Waals surface area contributed by atoms with Gasteiger partial charge in [0.2, 0.25) is 0 Å². The maximum absolute atomic E-state index is 11.9. The summed E-state index contributed by atoms with van der Waals surface area (Å²) >= 11 is 0. The van der Waals surface area contributed by atoms with Crippen molar-refractivity contribution in [1.29, 1.82) is 0 Å². The Morgan fingerprint density at radius 2 is 2.24 bits per heavy atom. The number of carbonyl (C=O) groups excluding carboxylic acids is 2. The zero-order valence-corrected chi connectivity index (χ0v) is 10.4. The number of rotatable bonds is 3.